The molecule has 0 aromatic heterocycles. The monoisotopic (exact) mass is 429 g/mol. The molecular weight excluding hydrogens is 390 g/mol. The van der Waals surface area contributed by atoms with Gasteiger partial charge in [0.15, 0.2) is 0 Å². The number of amides is 1. The molecule has 0 aliphatic heterocycles. The van der Waals surface area contributed by atoms with Crippen molar-refractivity contribution in [2.24, 2.45) is 10.8 Å². The van der Waals surface area contributed by atoms with Crippen molar-refractivity contribution in [1.82, 2.24) is 5.32 Å². The molecule has 174 valence electrons. The van der Waals surface area contributed by atoms with Gasteiger partial charge in [0.1, 0.15) is 11.6 Å². The minimum atomic E-state index is -1.24. The average Bonchev–Trinajstić information content (AvgIpc) is 2.50. The summed E-state index contributed by atoms with van der Waals surface area (Å²) in [7, 11) is 0. The van der Waals surface area contributed by atoms with Crippen LogP contribution in [0.25, 0.3) is 0 Å². The first-order valence-electron chi connectivity index (χ1n) is 10.3. The maximum absolute atomic E-state index is 12.6. The second-order valence-corrected chi connectivity index (χ2v) is 10.2. The van der Waals surface area contributed by atoms with Gasteiger partial charge in [-0.05, 0) is 38.0 Å². The Morgan fingerprint density at radius 3 is 1.93 bits per heavy atom. The van der Waals surface area contributed by atoms with Gasteiger partial charge in [0, 0.05) is 13.3 Å². The summed E-state index contributed by atoms with van der Waals surface area (Å²) < 4.78 is 14.7. The van der Waals surface area contributed by atoms with Crippen molar-refractivity contribution in [1.29, 1.82) is 0 Å². The first-order valence-corrected chi connectivity index (χ1v) is 10.3. The molecule has 8 nitrogen and oxygen atoms in total. The molecule has 0 aliphatic rings. The molecule has 0 aromatic rings. The summed E-state index contributed by atoms with van der Waals surface area (Å²) in [5.41, 5.74) is -0.967. The van der Waals surface area contributed by atoms with E-state index in [2.05, 4.69) is 30.8 Å². The second-order valence-electron chi connectivity index (χ2n) is 10.2. The SMILES string of the molecule is CCC(C)(C)CC(C)(C)CC(=O)NC(CC(=O)OC(C)(C)C)C(=O)OCOC(C)=O. The Hall–Kier alpha value is -2.12. The molecule has 1 amide bonds. The summed E-state index contributed by atoms with van der Waals surface area (Å²) in [4.78, 5) is 48.0. The first kappa shape index (κ1) is 27.9. The average molecular weight is 430 g/mol. The highest BCUT2D eigenvalue weighted by Crippen LogP contribution is 2.38. The van der Waals surface area contributed by atoms with E-state index in [0.29, 0.717) is 0 Å². The van der Waals surface area contributed by atoms with E-state index in [9.17, 15) is 19.2 Å². The fourth-order valence-corrected chi connectivity index (χ4v) is 3.18. The van der Waals surface area contributed by atoms with Crippen LogP contribution in [0.1, 0.15) is 88.0 Å². The van der Waals surface area contributed by atoms with Gasteiger partial charge in [-0.15, -0.1) is 0 Å². The van der Waals surface area contributed by atoms with E-state index in [1.54, 1.807) is 20.8 Å². The van der Waals surface area contributed by atoms with Crippen molar-refractivity contribution in [2.75, 3.05) is 6.79 Å². The van der Waals surface area contributed by atoms with Gasteiger partial charge in [0.25, 0.3) is 0 Å². The minimum absolute atomic E-state index is 0.0721. The number of hydrogen-bond donors (Lipinski definition) is 1. The van der Waals surface area contributed by atoms with Crippen molar-refractivity contribution < 1.29 is 33.4 Å². The molecule has 0 rings (SSSR count). The number of hydrogen-bond acceptors (Lipinski definition) is 7. The fourth-order valence-electron chi connectivity index (χ4n) is 3.18. The van der Waals surface area contributed by atoms with Crippen LogP contribution in [-0.2, 0) is 33.4 Å². The first-order chi connectivity index (χ1) is 13.5. The smallest absolute Gasteiger partial charge is 0.332 e. The predicted molar refractivity (Wildman–Crippen MR) is 112 cm³/mol. The van der Waals surface area contributed by atoms with Crippen LogP contribution in [0.5, 0.6) is 0 Å². The van der Waals surface area contributed by atoms with E-state index in [-0.39, 0.29) is 29.6 Å². The number of carbonyl (C=O) groups is 4. The van der Waals surface area contributed by atoms with E-state index >= 15 is 0 Å². The maximum atomic E-state index is 12.6. The Morgan fingerprint density at radius 1 is 0.900 bits per heavy atom. The van der Waals surface area contributed by atoms with Crippen molar-refractivity contribution in [3.8, 4) is 0 Å². The Morgan fingerprint density at radius 2 is 1.47 bits per heavy atom. The van der Waals surface area contributed by atoms with Crippen molar-refractivity contribution in [3.05, 3.63) is 0 Å². The highest BCUT2D eigenvalue weighted by Gasteiger charge is 2.33. The van der Waals surface area contributed by atoms with E-state index in [1.807, 2.05) is 13.8 Å². The molecule has 8 heteroatoms. The molecule has 1 N–H and O–H groups in total. The third kappa shape index (κ3) is 13.2. The molecule has 30 heavy (non-hydrogen) atoms. The lowest BCUT2D eigenvalue weighted by Gasteiger charge is -2.34. The van der Waals surface area contributed by atoms with Crippen LogP contribution in [0, 0.1) is 10.8 Å². The van der Waals surface area contributed by atoms with Gasteiger partial charge in [0.05, 0.1) is 6.42 Å². The number of rotatable bonds is 11. The number of nitrogens with one attached hydrogen (secondary N) is 1. The Labute approximate surface area is 180 Å². The van der Waals surface area contributed by atoms with E-state index < -0.39 is 36.3 Å². The molecule has 0 bridgehead atoms. The molecule has 1 atom stereocenters. The normalized spacial score (nSPS) is 13.2. The van der Waals surface area contributed by atoms with Crippen LogP contribution in [0.2, 0.25) is 0 Å². The molecule has 0 heterocycles. The summed E-state index contributed by atoms with van der Waals surface area (Å²) in [5.74, 6) is -2.51. The summed E-state index contributed by atoms with van der Waals surface area (Å²) >= 11 is 0. The lowest BCUT2D eigenvalue weighted by atomic mass is 9.72. The summed E-state index contributed by atoms with van der Waals surface area (Å²) in [5, 5.41) is 2.58. The number of carbonyl (C=O) groups excluding carboxylic acids is 4. The zero-order chi connectivity index (χ0) is 23.8. The van der Waals surface area contributed by atoms with Crippen molar-refractivity contribution >= 4 is 23.8 Å². The maximum Gasteiger partial charge on any atom is 0.332 e. The van der Waals surface area contributed by atoms with Crippen LogP contribution >= 0.6 is 0 Å². The minimum Gasteiger partial charge on any atom is -0.460 e. The van der Waals surface area contributed by atoms with E-state index in [1.165, 1.54) is 6.92 Å². The lowest BCUT2D eigenvalue weighted by Crippen LogP contribution is -2.45. The van der Waals surface area contributed by atoms with Crippen LogP contribution in [0.3, 0.4) is 0 Å². The summed E-state index contributed by atoms with van der Waals surface area (Å²) in [6.07, 6.45) is 1.58. The fraction of sp³-hybridized carbons (Fsp3) is 0.818. The molecule has 0 aromatic carbocycles. The third-order valence-electron chi connectivity index (χ3n) is 4.43. The van der Waals surface area contributed by atoms with Gasteiger partial charge < -0.3 is 19.5 Å². The zero-order valence-corrected chi connectivity index (χ0v) is 20.0. The van der Waals surface area contributed by atoms with E-state index in [4.69, 9.17) is 9.47 Å². The van der Waals surface area contributed by atoms with Gasteiger partial charge >= 0.3 is 17.9 Å². The molecule has 1 unspecified atom stereocenters. The summed E-state index contributed by atoms with van der Waals surface area (Å²) in [6.45, 7) is 16.1. The van der Waals surface area contributed by atoms with Gasteiger partial charge in [0.2, 0.25) is 12.7 Å². The van der Waals surface area contributed by atoms with Gasteiger partial charge in [-0.25, -0.2) is 4.79 Å². The number of ether oxygens (including phenoxy) is 3. The standard InChI is InChI=1S/C22H39NO7/c1-10-21(6,7)13-22(8,9)12-17(25)23-16(11-18(26)30-20(3,4)5)19(27)29-14-28-15(2)24/h16H,10-14H2,1-9H3,(H,23,25). The predicted octanol–water partition coefficient (Wildman–Crippen LogP) is 3.51. The topological polar surface area (TPSA) is 108 Å². The molecule has 0 saturated carbocycles. The lowest BCUT2D eigenvalue weighted by molar-refractivity contribution is -0.171. The Bertz CT molecular complexity index is 617. The number of esters is 3. The second kappa shape index (κ2) is 11.3. The highest BCUT2D eigenvalue weighted by molar-refractivity contribution is 5.88. The van der Waals surface area contributed by atoms with Gasteiger partial charge in [-0.3, -0.25) is 14.4 Å². The van der Waals surface area contributed by atoms with E-state index in [0.717, 1.165) is 12.8 Å². The largest absolute Gasteiger partial charge is 0.460 e. The summed E-state index contributed by atoms with van der Waals surface area (Å²) in [6, 6.07) is -1.24. The molecule has 0 aliphatic carbocycles. The van der Waals surface area contributed by atoms with Crippen LogP contribution < -0.4 is 5.32 Å². The van der Waals surface area contributed by atoms with Gasteiger partial charge in [-0.1, -0.05) is 41.0 Å². The van der Waals surface area contributed by atoms with Crippen LogP contribution in [0.15, 0.2) is 0 Å². The quantitative estimate of drug-likeness (QED) is 0.395. The Kier molecular flexibility index (Phi) is 10.5. The van der Waals surface area contributed by atoms with Crippen molar-refractivity contribution in [3.63, 3.8) is 0 Å². The molecule has 0 saturated heterocycles. The highest BCUT2D eigenvalue weighted by atomic mass is 16.7. The molecule has 0 spiro atoms. The van der Waals surface area contributed by atoms with Crippen LogP contribution in [-0.4, -0.2) is 42.3 Å². The molecule has 0 fully saturated rings. The third-order valence-corrected chi connectivity index (χ3v) is 4.43. The molecule has 0 radical (unpaired) electrons. The Balaban J connectivity index is 5.16. The molecular formula is C22H39NO7. The zero-order valence-electron chi connectivity index (χ0n) is 20.0. The van der Waals surface area contributed by atoms with Crippen molar-refractivity contribution in [2.45, 2.75) is 99.6 Å². The van der Waals surface area contributed by atoms with Crippen LogP contribution in [0.4, 0.5) is 0 Å². The van der Waals surface area contributed by atoms with Gasteiger partial charge in [-0.2, -0.15) is 0 Å².